The number of aromatic amines is 1. The standard InChI is InChI=1S/C23H28N2O8S/c1-4-31-23(28)21-14(2)20(15(3)25-21)19(26)13-33-22(27)16-7-5-9-18(11-16)34(29,30)24-12-17-8-6-10-32-17/h5,7,9,11,17,24-25H,4,6,8,10,12-13H2,1-3H3. The van der Waals surface area contributed by atoms with E-state index in [4.69, 9.17) is 14.2 Å². The first-order valence-electron chi connectivity index (χ1n) is 10.9. The molecule has 0 radical (unpaired) electrons. The number of esters is 2. The Labute approximate surface area is 198 Å². The van der Waals surface area contributed by atoms with Crippen LogP contribution in [0.2, 0.25) is 0 Å². The van der Waals surface area contributed by atoms with E-state index in [1.54, 1.807) is 20.8 Å². The molecule has 34 heavy (non-hydrogen) atoms. The maximum Gasteiger partial charge on any atom is 0.355 e. The monoisotopic (exact) mass is 492 g/mol. The van der Waals surface area contributed by atoms with Crippen molar-refractivity contribution < 1.29 is 37.0 Å². The van der Waals surface area contributed by atoms with Gasteiger partial charge in [0.1, 0.15) is 5.69 Å². The topological polar surface area (TPSA) is 141 Å². The van der Waals surface area contributed by atoms with E-state index in [1.807, 2.05) is 0 Å². The quantitative estimate of drug-likeness (QED) is 0.380. The third kappa shape index (κ3) is 5.91. The number of ether oxygens (including phenoxy) is 3. The van der Waals surface area contributed by atoms with Gasteiger partial charge in [0.25, 0.3) is 0 Å². The van der Waals surface area contributed by atoms with Gasteiger partial charge in [-0.3, -0.25) is 4.79 Å². The van der Waals surface area contributed by atoms with E-state index >= 15 is 0 Å². The van der Waals surface area contributed by atoms with Gasteiger partial charge in [0.15, 0.2) is 6.61 Å². The molecule has 1 aliphatic heterocycles. The minimum Gasteiger partial charge on any atom is -0.461 e. The van der Waals surface area contributed by atoms with Gasteiger partial charge in [-0.05, 0) is 57.4 Å². The summed E-state index contributed by atoms with van der Waals surface area (Å²) < 4.78 is 43.2. The fourth-order valence-electron chi connectivity index (χ4n) is 3.74. The molecule has 1 saturated heterocycles. The number of hydrogen-bond acceptors (Lipinski definition) is 8. The summed E-state index contributed by atoms with van der Waals surface area (Å²) in [5.41, 5.74) is 1.25. The van der Waals surface area contributed by atoms with Crippen molar-refractivity contribution in [1.82, 2.24) is 9.71 Å². The molecule has 184 valence electrons. The summed E-state index contributed by atoms with van der Waals surface area (Å²) in [7, 11) is -3.85. The maximum absolute atomic E-state index is 12.7. The number of nitrogens with one attached hydrogen (secondary N) is 2. The Morgan fingerprint density at radius 1 is 1.18 bits per heavy atom. The van der Waals surface area contributed by atoms with Crippen LogP contribution in [0.4, 0.5) is 0 Å². The summed E-state index contributed by atoms with van der Waals surface area (Å²) >= 11 is 0. The zero-order chi connectivity index (χ0) is 24.9. The van der Waals surface area contributed by atoms with Gasteiger partial charge in [0.2, 0.25) is 15.8 Å². The van der Waals surface area contributed by atoms with E-state index in [0.29, 0.717) is 17.9 Å². The zero-order valence-electron chi connectivity index (χ0n) is 19.3. The fourth-order valence-corrected chi connectivity index (χ4v) is 4.86. The second-order valence-corrected chi connectivity index (χ2v) is 9.63. The first-order chi connectivity index (χ1) is 16.1. The van der Waals surface area contributed by atoms with Crippen molar-refractivity contribution in [3.63, 3.8) is 0 Å². The normalized spacial score (nSPS) is 15.8. The number of benzene rings is 1. The van der Waals surface area contributed by atoms with Crippen LogP contribution in [-0.4, -0.2) is 63.6 Å². The van der Waals surface area contributed by atoms with Crippen molar-refractivity contribution in [3.8, 4) is 0 Å². The van der Waals surface area contributed by atoms with E-state index in [0.717, 1.165) is 12.8 Å². The van der Waals surface area contributed by atoms with Gasteiger partial charge in [-0.2, -0.15) is 0 Å². The number of ketones is 1. The van der Waals surface area contributed by atoms with Crippen molar-refractivity contribution in [3.05, 3.63) is 52.3 Å². The lowest BCUT2D eigenvalue weighted by Gasteiger charge is -2.12. The molecule has 1 aliphatic rings. The Hall–Kier alpha value is -3.02. The largest absolute Gasteiger partial charge is 0.461 e. The predicted molar refractivity (Wildman–Crippen MR) is 121 cm³/mol. The zero-order valence-corrected chi connectivity index (χ0v) is 20.1. The Kier molecular flexibility index (Phi) is 8.24. The molecule has 0 saturated carbocycles. The van der Waals surface area contributed by atoms with E-state index in [-0.39, 0.29) is 41.0 Å². The molecule has 11 heteroatoms. The van der Waals surface area contributed by atoms with Gasteiger partial charge in [-0.1, -0.05) is 6.07 Å². The number of carbonyl (C=O) groups is 3. The lowest BCUT2D eigenvalue weighted by molar-refractivity contribution is 0.0472. The van der Waals surface area contributed by atoms with Crippen LogP contribution in [0.5, 0.6) is 0 Å². The van der Waals surface area contributed by atoms with Crippen LogP contribution in [-0.2, 0) is 24.2 Å². The number of sulfonamides is 1. The smallest absolute Gasteiger partial charge is 0.355 e. The second kappa shape index (κ2) is 10.9. The van der Waals surface area contributed by atoms with Crippen LogP contribution in [0, 0.1) is 13.8 Å². The van der Waals surface area contributed by atoms with Crippen molar-refractivity contribution in [2.24, 2.45) is 0 Å². The van der Waals surface area contributed by atoms with Gasteiger partial charge < -0.3 is 19.2 Å². The van der Waals surface area contributed by atoms with Crippen LogP contribution in [0.25, 0.3) is 0 Å². The fraction of sp³-hybridized carbons (Fsp3) is 0.435. The molecule has 3 rings (SSSR count). The highest BCUT2D eigenvalue weighted by Gasteiger charge is 2.25. The van der Waals surface area contributed by atoms with Crippen LogP contribution in [0.15, 0.2) is 29.2 Å². The molecular formula is C23H28N2O8S. The summed E-state index contributed by atoms with van der Waals surface area (Å²) in [6.45, 7) is 5.28. The molecule has 2 N–H and O–H groups in total. The lowest BCUT2D eigenvalue weighted by atomic mass is 10.1. The predicted octanol–water partition coefficient (Wildman–Crippen LogP) is 2.31. The van der Waals surface area contributed by atoms with Crippen molar-refractivity contribution >= 4 is 27.7 Å². The first kappa shape index (κ1) is 25.6. The van der Waals surface area contributed by atoms with Crippen molar-refractivity contribution in [2.75, 3.05) is 26.4 Å². The lowest BCUT2D eigenvalue weighted by Crippen LogP contribution is -2.31. The molecule has 0 amide bonds. The van der Waals surface area contributed by atoms with Crippen molar-refractivity contribution in [2.45, 2.75) is 44.6 Å². The highest BCUT2D eigenvalue weighted by molar-refractivity contribution is 7.89. The number of rotatable bonds is 10. The summed E-state index contributed by atoms with van der Waals surface area (Å²) in [6, 6.07) is 5.38. The molecule has 1 atom stereocenters. The highest BCUT2D eigenvalue weighted by Crippen LogP contribution is 2.20. The summed E-state index contributed by atoms with van der Waals surface area (Å²) in [5, 5.41) is 0. The number of aromatic nitrogens is 1. The van der Waals surface area contributed by atoms with E-state index < -0.39 is 34.4 Å². The van der Waals surface area contributed by atoms with Crippen LogP contribution < -0.4 is 4.72 Å². The number of aryl methyl sites for hydroxylation is 1. The molecule has 1 aromatic heterocycles. The molecule has 2 aromatic rings. The molecule has 10 nitrogen and oxygen atoms in total. The minimum absolute atomic E-state index is 0.0116. The molecule has 0 spiro atoms. The molecule has 0 aliphatic carbocycles. The second-order valence-electron chi connectivity index (χ2n) is 7.86. The highest BCUT2D eigenvalue weighted by atomic mass is 32.2. The number of H-pyrrole nitrogens is 1. The average molecular weight is 493 g/mol. The van der Waals surface area contributed by atoms with Crippen LogP contribution in [0.3, 0.4) is 0 Å². The average Bonchev–Trinajstić information content (AvgIpc) is 3.43. The number of hydrogen-bond donors (Lipinski definition) is 2. The summed E-state index contributed by atoms with van der Waals surface area (Å²) in [6.07, 6.45) is 1.50. The Balaban J connectivity index is 1.65. The Morgan fingerprint density at radius 2 is 1.94 bits per heavy atom. The van der Waals surface area contributed by atoms with Gasteiger partial charge in [-0.15, -0.1) is 0 Å². The van der Waals surface area contributed by atoms with Crippen molar-refractivity contribution in [1.29, 1.82) is 0 Å². The van der Waals surface area contributed by atoms with E-state index in [1.165, 1.54) is 24.3 Å². The number of carbonyl (C=O) groups excluding carboxylic acids is 3. The van der Waals surface area contributed by atoms with Crippen LogP contribution in [0.1, 0.15) is 62.2 Å². The van der Waals surface area contributed by atoms with Crippen LogP contribution >= 0.6 is 0 Å². The van der Waals surface area contributed by atoms with Gasteiger partial charge in [-0.25, -0.2) is 22.7 Å². The maximum atomic E-state index is 12.7. The third-order valence-electron chi connectivity index (χ3n) is 5.44. The van der Waals surface area contributed by atoms with Gasteiger partial charge >= 0.3 is 11.9 Å². The molecule has 1 unspecified atom stereocenters. The first-order valence-corrected chi connectivity index (χ1v) is 12.4. The molecule has 2 heterocycles. The van der Waals surface area contributed by atoms with Gasteiger partial charge in [0, 0.05) is 24.4 Å². The summed E-state index contributed by atoms with van der Waals surface area (Å²) in [5.74, 6) is -1.93. The Morgan fingerprint density at radius 3 is 2.62 bits per heavy atom. The SMILES string of the molecule is CCOC(=O)c1[nH]c(C)c(C(=O)COC(=O)c2cccc(S(=O)(=O)NCC3CCCO3)c2)c1C. The minimum atomic E-state index is -3.85. The third-order valence-corrected chi connectivity index (χ3v) is 6.86. The molecule has 0 bridgehead atoms. The van der Waals surface area contributed by atoms with Gasteiger partial charge in [0.05, 0.1) is 23.2 Å². The molecule has 1 aromatic carbocycles. The van der Waals surface area contributed by atoms with E-state index in [2.05, 4.69) is 9.71 Å². The van der Waals surface area contributed by atoms with E-state index in [9.17, 15) is 22.8 Å². The summed E-state index contributed by atoms with van der Waals surface area (Å²) in [4.78, 5) is 40.0. The molecular weight excluding hydrogens is 464 g/mol. The number of Topliss-reactive ketones (excluding diaryl/α,β-unsaturated/α-hetero) is 1. The molecule has 1 fully saturated rings. The Bertz CT molecular complexity index is 1180.